The lowest BCUT2D eigenvalue weighted by Crippen LogP contribution is -2.43. The Morgan fingerprint density at radius 1 is 1.30 bits per heavy atom. The maximum Gasteiger partial charge on any atom is 0.176 e. The Labute approximate surface area is 125 Å². The number of hydrogen-bond acceptors (Lipinski definition) is 3. The van der Waals surface area contributed by atoms with E-state index in [0.29, 0.717) is 5.78 Å². The van der Waals surface area contributed by atoms with Gasteiger partial charge < -0.3 is 4.74 Å². The maximum absolute atomic E-state index is 12.7. The van der Waals surface area contributed by atoms with Crippen molar-refractivity contribution >= 4 is 17.1 Å². The number of hydrogen-bond donors (Lipinski definition) is 0. The van der Waals surface area contributed by atoms with Crippen LogP contribution in [0.3, 0.4) is 0 Å². The van der Waals surface area contributed by atoms with Gasteiger partial charge in [0.15, 0.2) is 5.78 Å². The van der Waals surface area contributed by atoms with E-state index in [9.17, 15) is 4.79 Å². The first-order chi connectivity index (χ1) is 9.60. The summed E-state index contributed by atoms with van der Waals surface area (Å²) < 4.78 is 6.10. The molecule has 0 aromatic carbocycles. The van der Waals surface area contributed by atoms with Gasteiger partial charge in [-0.05, 0) is 51.2 Å². The highest BCUT2D eigenvalue weighted by atomic mass is 32.1. The van der Waals surface area contributed by atoms with E-state index < -0.39 is 0 Å². The van der Waals surface area contributed by atoms with Crippen LogP contribution in [0.5, 0.6) is 0 Å². The van der Waals surface area contributed by atoms with E-state index in [1.807, 2.05) is 0 Å². The second-order valence-corrected chi connectivity index (χ2v) is 7.75. The molecule has 3 rings (SSSR count). The van der Waals surface area contributed by atoms with Crippen molar-refractivity contribution in [1.82, 2.24) is 0 Å². The Hall–Kier alpha value is -0.670. The maximum atomic E-state index is 12.7. The largest absolute Gasteiger partial charge is 0.375 e. The van der Waals surface area contributed by atoms with E-state index in [4.69, 9.17) is 4.74 Å². The van der Waals surface area contributed by atoms with E-state index in [1.165, 1.54) is 29.7 Å². The smallest absolute Gasteiger partial charge is 0.176 e. The first-order valence-corrected chi connectivity index (χ1v) is 8.66. The molecule has 0 N–H and O–H groups in total. The molecule has 1 aliphatic carbocycles. The molecule has 1 saturated carbocycles. The van der Waals surface area contributed by atoms with Gasteiger partial charge in [0.05, 0.1) is 10.5 Å². The van der Waals surface area contributed by atoms with Crippen LogP contribution >= 0.6 is 11.3 Å². The minimum Gasteiger partial charge on any atom is -0.375 e. The number of Topliss-reactive ketones (excluding diaryl/α,β-unsaturated/α-hetero) is 1. The van der Waals surface area contributed by atoms with E-state index in [-0.39, 0.29) is 11.5 Å². The van der Waals surface area contributed by atoms with Gasteiger partial charge >= 0.3 is 0 Å². The van der Waals surface area contributed by atoms with Crippen LogP contribution in [0, 0.1) is 19.8 Å². The van der Waals surface area contributed by atoms with E-state index in [2.05, 4.69) is 19.9 Å². The molecule has 1 aromatic rings. The van der Waals surface area contributed by atoms with Crippen molar-refractivity contribution in [3.05, 3.63) is 21.4 Å². The van der Waals surface area contributed by atoms with Crippen molar-refractivity contribution in [2.45, 2.75) is 64.4 Å². The highest BCUT2D eigenvalue weighted by Crippen LogP contribution is 2.42. The minimum absolute atomic E-state index is 0.0260. The average molecular weight is 292 g/mol. The molecular weight excluding hydrogens is 268 g/mol. The molecule has 20 heavy (non-hydrogen) atoms. The molecule has 1 spiro atoms. The first-order valence-electron chi connectivity index (χ1n) is 7.85. The quantitative estimate of drug-likeness (QED) is 0.740. The van der Waals surface area contributed by atoms with Crippen LogP contribution in [0.1, 0.15) is 65.1 Å². The average Bonchev–Trinajstić information content (AvgIpc) is 2.79. The van der Waals surface area contributed by atoms with Gasteiger partial charge in [0, 0.05) is 17.4 Å². The minimum atomic E-state index is 0.0260. The van der Waals surface area contributed by atoms with Gasteiger partial charge in [-0.1, -0.05) is 19.3 Å². The zero-order chi connectivity index (χ0) is 14.2. The van der Waals surface area contributed by atoms with E-state index >= 15 is 0 Å². The molecule has 2 nitrogen and oxygen atoms in total. The highest BCUT2D eigenvalue weighted by molar-refractivity contribution is 7.14. The molecule has 2 heterocycles. The molecule has 110 valence electrons. The number of ether oxygens (including phenoxy) is 1. The topological polar surface area (TPSA) is 26.3 Å². The van der Waals surface area contributed by atoms with Crippen LogP contribution in [0.2, 0.25) is 0 Å². The van der Waals surface area contributed by atoms with Gasteiger partial charge in [-0.2, -0.15) is 0 Å². The molecule has 0 amide bonds. The van der Waals surface area contributed by atoms with Crippen molar-refractivity contribution < 1.29 is 9.53 Å². The fourth-order valence-electron chi connectivity index (χ4n) is 3.69. The highest BCUT2D eigenvalue weighted by Gasteiger charge is 2.41. The lowest BCUT2D eigenvalue weighted by atomic mass is 9.75. The Bertz CT molecular complexity index is 472. The summed E-state index contributed by atoms with van der Waals surface area (Å²) >= 11 is 1.66. The summed E-state index contributed by atoms with van der Waals surface area (Å²) in [6.45, 7) is 4.96. The van der Waals surface area contributed by atoms with Crippen molar-refractivity contribution in [2.75, 3.05) is 6.61 Å². The van der Waals surface area contributed by atoms with Gasteiger partial charge in [0.25, 0.3) is 0 Å². The molecule has 2 aliphatic rings. The predicted octanol–water partition coefficient (Wildman–Crippen LogP) is 4.68. The Morgan fingerprint density at radius 3 is 2.70 bits per heavy atom. The number of thiophene rings is 1. The second kappa shape index (κ2) is 5.61. The van der Waals surface area contributed by atoms with Crippen molar-refractivity contribution in [3.63, 3.8) is 0 Å². The lowest BCUT2D eigenvalue weighted by molar-refractivity contribution is -0.111. The molecule has 2 fully saturated rings. The van der Waals surface area contributed by atoms with Gasteiger partial charge in [-0.3, -0.25) is 4.79 Å². The third kappa shape index (κ3) is 2.71. The van der Waals surface area contributed by atoms with Gasteiger partial charge in [0.1, 0.15) is 0 Å². The molecule has 0 radical (unpaired) electrons. The first kappa shape index (κ1) is 14.3. The zero-order valence-corrected chi connectivity index (χ0v) is 13.4. The van der Waals surface area contributed by atoms with Crippen LogP contribution in [0.4, 0.5) is 0 Å². The molecule has 0 bridgehead atoms. The summed E-state index contributed by atoms with van der Waals surface area (Å²) in [6.07, 6.45) is 8.00. The number of carbonyl (C=O) groups excluding carboxylic acids is 1. The van der Waals surface area contributed by atoms with E-state index in [1.54, 1.807) is 11.3 Å². The third-order valence-corrected chi connectivity index (χ3v) is 6.20. The van der Waals surface area contributed by atoms with Crippen LogP contribution in [-0.4, -0.2) is 18.0 Å². The van der Waals surface area contributed by atoms with Crippen molar-refractivity contribution in [1.29, 1.82) is 0 Å². The standard InChI is InChI=1S/C17H24O2S/c1-12-10-15(20-13(12)2)16(18)14-6-9-19-17(11-14)7-4-3-5-8-17/h10,14H,3-9,11H2,1-2H3. The van der Waals surface area contributed by atoms with Gasteiger partial charge in [-0.15, -0.1) is 11.3 Å². The molecular formula is C17H24O2S. The predicted molar refractivity (Wildman–Crippen MR) is 82.6 cm³/mol. The van der Waals surface area contributed by atoms with Gasteiger partial charge in [-0.25, -0.2) is 0 Å². The molecule has 1 unspecified atom stereocenters. The van der Waals surface area contributed by atoms with Crippen molar-refractivity contribution in [2.24, 2.45) is 5.92 Å². The summed E-state index contributed by atoms with van der Waals surface area (Å²) in [5.41, 5.74) is 1.27. The van der Waals surface area contributed by atoms with Crippen LogP contribution in [-0.2, 0) is 4.74 Å². The van der Waals surface area contributed by atoms with Gasteiger partial charge in [0.2, 0.25) is 0 Å². The number of rotatable bonds is 2. The Balaban J connectivity index is 1.74. The van der Waals surface area contributed by atoms with Crippen molar-refractivity contribution in [3.8, 4) is 0 Å². The summed E-state index contributed by atoms with van der Waals surface area (Å²) in [6, 6.07) is 2.07. The summed E-state index contributed by atoms with van der Waals surface area (Å²) in [4.78, 5) is 15.0. The fraction of sp³-hybridized carbons (Fsp3) is 0.706. The van der Waals surface area contributed by atoms with E-state index in [0.717, 1.165) is 37.2 Å². The summed E-state index contributed by atoms with van der Waals surface area (Å²) in [5.74, 6) is 0.541. The lowest BCUT2D eigenvalue weighted by Gasteiger charge is -2.43. The Morgan fingerprint density at radius 2 is 2.05 bits per heavy atom. The molecule has 3 heteroatoms. The second-order valence-electron chi connectivity index (χ2n) is 6.50. The SMILES string of the molecule is Cc1cc(C(=O)C2CCOC3(CCCCC3)C2)sc1C. The van der Waals surface area contributed by atoms with Crippen LogP contribution < -0.4 is 0 Å². The number of ketones is 1. The monoisotopic (exact) mass is 292 g/mol. The van der Waals surface area contributed by atoms with Crippen LogP contribution in [0.25, 0.3) is 0 Å². The number of aryl methyl sites for hydroxylation is 2. The summed E-state index contributed by atoms with van der Waals surface area (Å²) in [5, 5.41) is 0. The molecule has 1 saturated heterocycles. The zero-order valence-electron chi connectivity index (χ0n) is 12.5. The molecule has 1 aromatic heterocycles. The number of carbonyl (C=O) groups is 1. The third-order valence-electron chi connectivity index (χ3n) is 5.04. The molecule has 1 atom stereocenters. The fourth-order valence-corrected chi connectivity index (χ4v) is 4.74. The Kier molecular flexibility index (Phi) is 4.00. The normalized spacial score (nSPS) is 25.8. The van der Waals surface area contributed by atoms with Crippen LogP contribution in [0.15, 0.2) is 6.07 Å². The molecule has 1 aliphatic heterocycles. The summed E-state index contributed by atoms with van der Waals surface area (Å²) in [7, 11) is 0.